The summed E-state index contributed by atoms with van der Waals surface area (Å²) < 4.78 is 1.77. The lowest BCUT2D eigenvalue weighted by Gasteiger charge is -2.18. The van der Waals surface area contributed by atoms with Crippen molar-refractivity contribution in [2.24, 2.45) is 0 Å². The smallest absolute Gasteiger partial charge is 0.263 e. The first kappa shape index (κ1) is 14.3. The maximum atomic E-state index is 12.2. The molecule has 0 aliphatic carbocycles. The maximum absolute atomic E-state index is 12.2. The number of anilines is 1. The van der Waals surface area contributed by atoms with Gasteiger partial charge in [0, 0.05) is 19.6 Å². The molecule has 0 unspecified atom stereocenters. The minimum atomic E-state index is -0.160. The van der Waals surface area contributed by atoms with Crippen LogP contribution in [0.25, 0.3) is 11.0 Å². The van der Waals surface area contributed by atoms with E-state index in [0.29, 0.717) is 23.5 Å². The summed E-state index contributed by atoms with van der Waals surface area (Å²) in [6, 6.07) is 10.2. The van der Waals surface area contributed by atoms with E-state index in [1.54, 1.807) is 10.9 Å². The number of aromatic amines is 1. The predicted octanol–water partition coefficient (Wildman–Crippen LogP) is 2.34. The first-order valence-electron chi connectivity index (χ1n) is 7.29. The number of nitrogens with one attached hydrogen (secondary N) is 1. The van der Waals surface area contributed by atoms with E-state index in [0.717, 1.165) is 5.56 Å². The van der Waals surface area contributed by atoms with E-state index in [2.05, 4.69) is 15.1 Å². The van der Waals surface area contributed by atoms with Crippen LogP contribution in [0.3, 0.4) is 0 Å². The first-order valence-corrected chi connectivity index (χ1v) is 7.29. The normalized spacial score (nSPS) is 11.3. The van der Waals surface area contributed by atoms with Crippen molar-refractivity contribution in [2.75, 3.05) is 11.9 Å². The number of H-pyrrole nitrogens is 1. The average molecular weight is 297 g/mol. The second-order valence-electron chi connectivity index (χ2n) is 5.65. The zero-order chi connectivity index (χ0) is 15.7. The molecule has 0 aliphatic rings. The van der Waals surface area contributed by atoms with Gasteiger partial charge in [0.25, 0.3) is 5.56 Å². The first-order chi connectivity index (χ1) is 10.6. The Balaban J connectivity index is 2.00. The molecule has 0 aliphatic heterocycles. The molecular formula is C16H19N5O. The van der Waals surface area contributed by atoms with E-state index >= 15 is 0 Å². The second kappa shape index (κ2) is 5.63. The fraction of sp³-hybridized carbons (Fsp3) is 0.312. The van der Waals surface area contributed by atoms with Crippen LogP contribution in [-0.2, 0) is 6.54 Å². The van der Waals surface area contributed by atoms with Gasteiger partial charge in [-0.2, -0.15) is 10.1 Å². The summed E-state index contributed by atoms with van der Waals surface area (Å²) >= 11 is 0. The van der Waals surface area contributed by atoms with Crippen molar-refractivity contribution < 1.29 is 0 Å². The Hall–Kier alpha value is -2.63. The topological polar surface area (TPSA) is 66.8 Å². The number of benzene rings is 1. The van der Waals surface area contributed by atoms with Crippen LogP contribution in [0, 0.1) is 0 Å². The highest BCUT2D eigenvalue weighted by atomic mass is 16.1. The van der Waals surface area contributed by atoms with E-state index in [1.165, 1.54) is 0 Å². The number of hydrogen-bond acceptors (Lipinski definition) is 4. The number of hydrogen-bond donors (Lipinski definition) is 1. The van der Waals surface area contributed by atoms with Crippen LogP contribution in [-0.4, -0.2) is 26.8 Å². The minimum absolute atomic E-state index is 0.152. The fourth-order valence-electron chi connectivity index (χ4n) is 2.42. The van der Waals surface area contributed by atoms with Gasteiger partial charge in [-0.3, -0.25) is 9.78 Å². The maximum Gasteiger partial charge on any atom is 0.263 e. The second-order valence-corrected chi connectivity index (χ2v) is 5.65. The van der Waals surface area contributed by atoms with E-state index in [4.69, 9.17) is 0 Å². The lowest BCUT2D eigenvalue weighted by Crippen LogP contribution is -2.23. The van der Waals surface area contributed by atoms with Crippen LogP contribution >= 0.6 is 0 Å². The van der Waals surface area contributed by atoms with Gasteiger partial charge in [0.05, 0.1) is 6.20 Å². The fourth-order valence-corrected chi connectivity index (χ4v) is 2.42. The Kier molecular flexibility index (Phi) is 3.66. The molecule has 3 aromatic rings. The highest BCUT2D eigenvalue weighted by molar-refractivity contribution is 5.74. The molecule has 2 aromatic heterocycles. The third kappa shape index (κ3) is 2.59. The molecule has 2 heterocycles. The summed E-state index contributed by atoms with van der Waals surface area (Å²) in [6.07, 6.45) is 1.57. The minimum Gasteiger partial charge on any atom is -0.341 e. The van der Waals surface area contributed by atoms with Crippen molar-refractivity contribution in [3.63, 3.8) is 0 Å². The van der Waals surface area contributed by atoms with Crippen LogP contribution in [0.15, 0.2) is 41.3 Å². The van der Waals surface area contributed by atoms with E-state index < -0.39 is 0 Å². The zero-order valence-electron chi connectivity index (χ0n) is 12.9. The van der Waals surface area contributed by atoms with Gasteiger partial charge >= 0.3 is 0 Å². The van der Waals surface area contributed by atoms with Crippen molar-refractivity contribution in [1.29, 1.82) is 0 Å². The molecule has 6 heteroatoms. The Morgan fingerprint density at radius 1 is 1.27 bits per heavy atom. The summed E-state index contributed by atoms with van der Waals surface area (Å²) in [5, 5.41) is 4.77. The third-order valence-electron chi connectivity index (χ3n) is 3.56. The Bertz CT molecular complexity index is 835. The van der Waals surface area contributed by atoms with Gasteiger partial charge in [-0.05, 0) is 19.4 Å². The van der Waals surface area contributed by atoms with E-state index in [1.807, 2.05) is 56.1 Å². The average Bonchev–Trinajstić information content (AvgIpc) is 2.93. The molecular weight excluding hydrogens is 278 g/mol. The number of fused-ring (bicyclic) bond motifs is 1. The Morgan fingerprint density at radius 3 is 2.68 bits per heavy atom. The molecule has 0 fully saturated rings. The van der Waals surface area contributed by atoms with Crippen molar-refractivity contribution in [3.05, 3.63) is 52.4 Å². The molecule has 114 valence electrons. The summed E-state index contributed by atoms with van der Waals surface area (Å²) in [4.78, 5) is 21.6. The number of aromatic nitrogens is 4. The molecule has 3 rings (SSSR count). The zero-order valence-corrected chi connectivity index (χ0v) is 12.9. The van der Waals surface area contributed by atoms with Crippen molar-refractivity contribution in [3.8, 4) is 0 Å². The molecule has 1 N–H and O–H groups in total. The monoisotopic (exact) mass is 297 g/mol. The SMILES string of the molecule is CC(C)n1ncc2c(=O)[nH]c(N(C)Cc3ccccc3)nc21. The lowest BCUT2D eigenvalue weighted by atomic mass is 10.2. The Morgan fingerprint density at radius 2 is 2.00 bits per heavy atom. The summed E-state index contributed by atoms with van der Waals surface area (Å²) in [6.45, 7) is 4.70. The van der Waals surface area contributed by atoms with Crippen LogP contribution in [0.5, 0.6) is 0 Å². The molecule has 0 saturated carbocycles. The van der Waals surface area contributed by atoms with Gasteiger partial charge < -0.3 is 4.90 Å². The molecule has 0 amide bonds. The van der Waals surface area contributed by atoms with Crippen molar-refractivity contribution in [2.45, 2.75) is 26.4 Å². The van der Waals surface area contributed by atoms with Crippen LogP contribution in [0.2, 0.25) is 0 Å². The number of rotatable bonds is 4. The third-order valence-corrected chi connectivity index (χ3v) is 3.56. The Labute approximate surface area is 128 Å². The van der Waals surface area contributed by atoms with Crippen molar-refractivity contribution >= 4 is 17.0 Å². The van der Waals surface area contributed by atoms with Gasteiger partial charge in [-0.25, -0.2) is 4.68 Å². The van der Waals surface area contributed by atoms with E-state index in [9.17, 15) is 4.79 Å². The highest BCUT2D eigenvalue weighted by Gasteiger charge is 2.14. The molecule has 1 aromatic carbocycles. The molecule has 0 bridgehead atoms. The molecule has 0 radical (unpaired) electrons. The van der Waals surface area contributed by atoms with E-state index in [-0.39, 0.29) is 11.6 Å². The van der Waals surface area contributed by atoms with Crippen LogP contribution < -0.4 is 10.5 Å². The summed E-state index contributed by atoms with van der Waals surface area (Å²) in [5.41, 5.74) is 1.62. The van der Waals surface area contributed by atoms with Gasteiger partial charge in [0.2, 0.25) is 5.95 Å². The highest BCUT2D eigenvalue weighted by Crippen LogP contribution is 2.16. The molecule has 0 spiro atoms. The predicted molar refractivity (Wildman–Crippen MR) is 87.1 cm³/mol. The van der Waals surface area contributed by atoms with Gasteiger partial charge in [-0.15, -0.1) is 0 Å². The van der Waals surface area contributed by atoms with Gasteiger partial charge in [0.1, 0.15) is 5.39 Å². The number of nitrogens with zero attached hydrogens (tertiary/aromatic N) is 4. The summed E-state index contributed by atoms with van der Waals surface area (Å²) in [5.74, 6) is 0.545. The molecule has 6 nitrogen and oxygen atoms in total. The molecule has 0 saturated heterocycles. The molecule has 22 heavy (non-hydrogen) atoms. The van der Waals surface area contributed by atoms with Crippen LogP contribution in [0.1, 0.15) is 25.5 Å². The van der Waals surface area contributed by atoms with Crippen LogP contribution in [0.4, 0.5) is 5.95 Å². The standard InChI is InChI=1S/C16H19N5O/c1-11(2)21-14-13(9-17-21)15(22)19-16(18-14)20(3)10-12-7-5-4-6-8-12/h4-9,11H,10H2,1-3H3,(H,18,19,22). The quantitative estimate of drug-likeness (QED) is 0.802. The largest absolute Gasteiger partial charge is 0.341 e. The summed E-state index contributed by atoms with van der Waals surface area (Å²) in [7, 11) is 1.91. The van der Waals surface area contributed by atoms with Gasteiger partial charge in [0.15, 0.2) is 5.65 Å². The van der Waals surface area contributed by atoms with Crippen molar-refractivity contribution in [1.82, 2.24) is 19.7 Å². The lowest BCUT2D eigenvalue weighted by molar-refractivity contribution is 0.546. The molecule has 0 atom stereocenters. The van der Waals surface area contributed by atoms with Gasteiger partial charge in [-0.1, -0.05) is 30.3 Å².